The first-order valence-electron chi connectivity index (χ1n) is 6.72. The minimum atomic E-state index is -0.379. The fourth-order valence-electron chi connectivity index (χ4n) is 2.35. The van der Waals surface area contributed by atoms with Crippen LogP contribution in [0.25, 0.3) is 0 Å². The Morgan fingerprint density at radius 1 is 1.44 bits per heavy atom. The lowest BCUT2D eigenvalue weighted by Crippen LogP contribution is -2.49. The summed E-state index contributed by atoms with van der Waals surface area (Å²) in [7, 11) is 1.64. The van der Waals surface area contributed by atoms with E-state index in [-0.39, 0.29) is 23.9 Å². The van der Waals surface area contributed by atoms with Gasteiger partial charge in [-0.2, -0.15) is 0 Å². The average molecular weight is 256 g/mol. The van der Waals surface area contributed by atoms with Gasteiger partial charge >= 0.3 is 0 Å². The molecule has 0 aromatic rings. The average Bonchev–Trinajstić information content (AvgIpc) is 2.49. The number of methoxy groups -OCH3 is 1. The van der Waals surface area contributed by atoms with Crippen LogP contribution in [-0.2, 0) is 14.3 Å². The van der Waals surface area contributed by atoms with Gasteiger partial charge in [-0.3, -0.25) is 9.59 Å². The molecule has 0 aromatic heterocycles. The number of nitrogens with zero attached hydrogens (tertiary/aromatic N) is 1. The zero-order valence-corrected chi connectivity index (χ0v) is 11.6. The summed E-state index contributed by atoms with van der Waals surface area (Å²) in [6, 6.07) is -0.300. The summed E-state index contributed by atoms with van der Waals surface area (Å²) < 4.78 is 5.20. The van der Waals surface area contributed by atoms with Gasteiger partial charge in [-0.15, -0.1) is 0 Å². The highest BCUT2D eigenvalue weighted by molar-refractivity contribution is 5.90. The molecular formula is C13H24N2O3. The van der Waals surface area contributed by atoms with E-state index in [2.05, 4.69) is 12.2 Å². The van der Waals surface area contributed by atoms with Crippen molar-refractivity contribution >= 4 is 11.8 Å². The quantitative estimate of drug-likeness (QED) is 0.769. The molecule has 0 bridgehead atoms. The first-order valence-corrected chi connectivity index (χ1v) is 6.72. The highest BCUT2D eigenvalue weighted by Crippen LogP contribution is 2.14. The molecule has 0 spiro atoms. The van der Waals surface area contributed by atoms with Crippen molar-refractivity contribution in [2.75, 3.05) is 20.3 Å². The smallest absolute Gasteiger partial charge is 0.245 e. The van der Waals surface area contributed by atoms with Crippen LogP contribution in [0.3, 0.4) is 0 Å². The van der Waals surface area contributed by atoms with Crippen LogP contribution in [0.1, 0.15) is 39.5 Å². The molecule has 5 heteroatoms. The van der Waals surface area contributed by atoms with E-state index in [4.69, 9.17) is 4.74 Å². The molecule has 0 saturated carbocycles. The minimum Gasteiger partial charge on any atom is -0.383 e. The van der Waals surface area contributed by atoms with Crippen molar-refractivity contribution in [3.05, 3.63) is 0 Å². The van der Waals surface area contributed by atoms with E-state index in [0.717, 1.165) is 12.8 Å². The van der Waals surface area contributed by atoms with Crippen LogP contribution in [0.4, 0.5) is 0 Å². The Morgan fingerprint density at radius 3 is 2.72 bits per heavy atom. The van der Waals surface area contributed by atoms with Crippen LogP contribution in [0.2, 0.25) is 0 Å². The largest absolute Gasteiger partial charge is 0.383 e. The van der Waals surface area contributed by atoms with E-state index in [9.17, 15) is 9.59 Å². The second-order valence-electron chi connectivity index (χ2n) is 4.71. The van der Waals surface area contributed by atoms with Gasteiger partial charge < -0.3 is 15.0 Å². The van der Waals surface area contributed by atoms with Crippen molar-refractivity contribution in [3.63, 3.8) is 0 Å². The van der Waals surface area contributed by atoms with Gasteiger partial charge in [0, 0.05) is 20.1 Å². The Balaban J connectivity index is 2.81. The summed E-state index contributed by atoms with van der Waals surface area (Å²) in [4.78, 5) is 25.7. The zero-order valence-electron chi connectivity index (χ0n) is 11.6. The first kappa shape index (κ1) is 15.0. The number of nitrogens with one attached hydrogen (secondary N) is 1. The molecule has 2 unspecified atom stereocenters. The molecule has 1 saturated heterocycles. The molecule has 0 aliphatic carbocycles. The third kappa shape index (κ3) is 3.70. The van der Waals surface area contributed by atoms with Gasteiger partial charge in [0.15, 0.2) is 0 Å². The summed E-state index contributed by atoms with van der Waals surface area (Å²) in [5, 5.41) is 2.78. The topological polar surface area (TPSA) is 58.6 Å². The SMILES string of the molecule is CCCC(COC)N1CCC(=O)NC(CC)C1=O. The maximum Gasteiger partial charge on any atom is 0.245 e. The standard InChI is InChI=1S/C13H24N2O3/c1-4-6-10(9-18-3)15-8-7-12(16)14-11(5-2)13(15)17/h10-11H,4-9H2,1-3H3,(H,14,16). The number of hydrogen-bond donors (Lipinski definition) is 1. The van der Waals surface area contributed by atoms with E-state index in [1.807, 2.05) is 11.8 Å². The van der Waals surface area contributed by atoms with Gasteiger partial charge in [-0.05, 0) is 12.8 Å². The van der Waals surface area contributed by atoms with E-state index in [1.54, 1.807) is 7.11 Å². The van der Waals surface area contributed by atoms with Gasteiger partial charge in [-0.1, -0.05) is 20.3 Å². The molecule has 0 aromatic carbocycles. The highest BCUT2D eigenvalue weighted by atomic mass is 16.5. The molecule has 1 N–H and O–H groups in total. The third-order valence-electron chi connectivity index (χ3n) is 3.33. The van der Waals surface area contributed by atoms with Gasteiger partial charge in [0.25, 0.3) is 0 Å². The number of ether oxygens (including phenoxy) is 1. The van der Waals surface area contributed by atoms with E-state index < -0.39 is 0 Å². The lowest BCUT2D eigenvalue weighted by atomic mass is 10.1. The molecule has 1 aliphatic heterocycles. The molecule has 18 heavy (non-hydrogen) atoms. The summed E-state index contributed by atoms with van der Waals surface area (Å²) in [5.41, 5.74) is 0. The fraction of sp³-hybridized carbons (Fsp3) is 0.846. The number of carbonyl (C=O) groups excluding carboxylic acids is 2. The molecule has 104 valence electrons. The number of carbonyl (C=O) groups is 2. The Bertz CT molecular complexity index is 288. The van der Waals surface area contributed by atoms with Crippen LogP contribution < -0.4 is 5.32 Å². The molecule has 2 amide bonds. The van der Waals surface area contributed by atoms with Crippen molar-refractivity contribution in [2.45, 2.75) is 51.6 Å². The van der Waals surface area contributed by atoms with Gasteiger partial charge in [0.1, 0.15) is 6.04 Å². The normalized spacial score (nSPS) is 22.6. The van der Waals surface area contributed by atoms with Crippen LogP contribution in [0, 0.1) is 0 Å². The summed E-state index contributed by atoms with van der Waals surface area (Å²) in [5.74, 6) is -0.00999. The second kappa shape index (κ2) is 7.36. The Morgan fingerprint density at radius 2 is 2.17 bits per heavy atom. The monoisotopic (exact) mass is 256 g/mol. The van der Waals surface area contributed by atoms with E-state index in [0.29, 0.717) is 26.0 Å². The second-order valence-corrected chi connectivity index (χ2v) is 4.71. The fourth-order valence-corrected chi connectivity index (χ4v) is 2.35. The number of rotatable bonds is 6. The lowest BCUT2D eigenvalue weighted by Gasteiger charge is -2.31. The maximum atomic E-state index is 12.4. The summed E-state index contributed by atoms with van der Waals surface area (Å²) in [6.07, 6.45) is 2.92. The predicted octanol–water partition coefficient (Wildman–Crippen LogP) is 0.929. The lowest BCUT2D eigenvalue weighted by molar-refractivity contribution is -0.136. The predicted molar refractivity (Wildman–Crippen MR) is 69.1 cm³/mol. The van der Waals surface area contributed by atoms with Crippen molar-refractivity contribution in [1.29, 1.82) is 0 Å². The third-order valence-corrected chi connectivity index (χ3v) is 3.33. The Labute approximate surface area is 109 Å². The van der Waals surface area contributed by atoms with Gasteiger partial charge in [0.05, 0.1) is 12.6 Å². The summed E-state index contributed by atoms with van der Waals surface area (Å²) >= 11 is 0. The van der Waals surface area contributed by atoms with Crippen molar-refractivity contribution in [1.82, 2.24) is 10.2 Å². The van der Waals surface area contributed by atoms with Crippen molar-refractivity contribution < 1.29 is 14.3 Å². The number of hydrogen-bond acceptors (Lipinski definition) is 3. The maximum absolute atomic E-state index is 12.4. The molecule has 2 atom stereocenters. The van der Waals surface area contributed by atoms with E-state index in [1.165, 1.54) is 0 Å². The summed E-state index contributed by atoms with van der Waals surface area (Å²) in [6.45, 7) is 5.03. The van der Waals surface area contributed by atoms with Gasteiger partial charge in [0.2, 0.25) is 11.8 Å². The van der Waals surface area contributed by atoms with Crippen LogP contribution in [0.5, 0.6) is 0 Å². The first-order chi connectivity index (χ1) is 8.63. The zero-order chi connectivity index (χ0) is 13.5. The molecular weight excluding hydrogens is 232 g/mol. The minimum absolute atomic E-state index is 0.0267. The van der Waals surface area contributed by atoms with Crippen LogP contribution in [0.15, 0.2) is 0 Å². The van der Waals surface area contributed by atoms with Crippen molar-refractivity contribution in [2.24, 2.45) is 0 Å². The number of amides is 2. The molecule has 1 rings (SSSR count). The van der Waals surface area contributed by atoms with Crippen LogP contribution in [-0.4, -0.2) is 49.1 Å². The Hall–Kier alpha value is -1.10. The molecule has 1 fully saturated rings. The van der Waals surface area contributed by atoms with Crippen molar-refractivity contribution in [3.8, 4) is 0 Å². The Kier molecular flexibility index (Phi) is 6.12. The van der Waals surface area contributed by atoms with Crippen LogP contribution >= 0.6 is 0 Å². The molecule has 1 aliphatic rings. The molecule has 5 nitrogen and oxygen atoms in total. The van der Waals surface area contributed by atoms with Gasteiger partial charge in [-0.25, -0.2) is 0 Å². The highest BCUT2D eigenvalue weighted by Gasteiger charge is 2.32. The van der Waals surface area contributed by atoms with E-state index >= 15 is 0 Å². The molecule has 0 radical (unpaired) electrons. The molecule has 1 heterocycles.